The van der Waals surface area contributed by atoms with E-state index in [0.29, 0.717) is 17.8 Å². The normalized spacial score (nSPS) is 7.65. The van der Waals surface area contributed by atoms with Crippen molar-refractivity contribution in [3.63, 3.8) is 0 Å². The minimum Gasteiger partial charge on any atom is -0.319 e. The molecule has 0 aliphatic heterocycles. The molecule has 0 spiro atoms. The van der Waals surface area contributed by atoms with Crippen LogP contribution in [0, 0.1) is 0 Å². The van der Waals surface area contributed by atoms with Crippen molar-refractivity contribution in [2.75, 3.05) is 0 Å². The van der Waals surface area contributed by atoms with Crippen LogP contribution >= 0.6 is 17.8 Å². The zero-order valence-electron chi connectivity index (χ0n) is 24.3. The largest absolute Gasteiger partial charge is 0.319 e. The van der Waals surface area contributed by atoms with E-state index in [1.165, 1.54) is 0 Å². The van der Waals surface area contributed by atoms with Crippen LogP contribution in [-0.4, -0.2) is 17.7 Å². The highest BCUT2D eigenvalue weighted by Gasteiger charge is 1.91. The van der Waals surface area contributed by atoms with Crippen LogP contribution in [-0.2, 0) is 0 Å². The van der Waals surface area contributed by atoms with E-state index in [4.69, 9.17) is 0 Å². The molecule has 3 heterocycles. The van der Waals surface area contributed by atoms with Gasteiger partial charge in [0.15, 0.2) is 0 Å². The second-order valence-electron chi connectivity index (χ2n) is 4.24. The molecule has 4 nitrogen and oxygen atoms in total. The van der Waals surface area contributed by atoms with Crippen molar-refractivity contribution < 1.29 is 0 Å². The third kappa shape index (κ3) is 26.2. The lowest BCUT2D eigenvalue weighted by molar-refractivity contribution is 0.831. The van der Waals surface area contributed by atoms with Crippen molar-refractivity contribution >= 4 is 17.8 Å². The molecule has 6 heteroatoms. The van der Waals surface area contributed by atoms with Gasteiger partial charge in [-0.05, 0) is 36.4 Å². The summed E-state index contributed by atoms with van der Waals surface area (Å²) >= 11 is 0. The minimum absolute atomic E-state index is 0.534. The first kappa shape index (κ1) is 42.2. The van der Waals surface area contributed by atoms with Crippen molar-refractivity contribution in [1.82, 2.24) is 17.7 Å². The van der Waals surface area contributed by atoms with E-state index in [1.54, 1.807) is 12.4 Å². The Kier molecular flexibility index (Phi) is 51.2. The minimum atomic E-state index is 0.534. The van der Waals surface area contributed by atoms with Crippen molar-refractivity contribution in [2.24, 2.45) is 0 Å². The summed E-state index contributed by atoms with van der Waals surface area (Å²) in [6.45, 7) is 31.3. The Morgan fingerprint density at radius 3 is 0.941 bits per heavy atom. The third-order valence-electron chi connectivity index (χ3n) is 2.67. The molecular weight excluding hydrogens is 454 g/mol. The Labute approximate surface area is 217 Å². The fraction of sp³-hybridized carbons (Fsp3) is 0.429. The first-order chi connectivity index (χ1) is 16.8. The summed E-state index contributed by atoms with van der Waals surface area (Å²) in [5.41, 5.74) is 0. The van der Waals surface area contributed by atoms with Gasteiger partial charge in [0.1, 0.15) is 0 Å². The molecule has 34 heavy (non-hydrogen) atoms. The highest BCUT2D eigenvalue weighted by atomic mass is 31.1. The molecule has 0 saturated heterocycles. The van der Waals surface area contributed by atoms with E-state index in [-0.39, 0.29) is 0 Å². The topological polar surface area (TPSA) is 18.0 Å². The van der Waals surface area contributed by atoms with Gasteiger partial charge in [-0.15, -0.1) is 0 Å². The lowest BCUT2D eigenvalue weighted by Crippen LogP contribution is -1.96. The van der Waals surface area contributed by atoms with Gasteiger partial charge in [-0.3, -0.25) is 0 Å². The van der Waals surface area contributed by atoms with Crippen LogP contribution in [0.1, 0.15) is 83.1 Å². The van der Waals surface area contributed by atoms with Crippen molar-refractivity contribution in [3.05, 3.63) is 99.1 Å². The molecule has 0 saturated carbocycles. The van der Waals surface area contributed by atoms with Gasteiger partial charge in [-0.1, -0.05) is 96.2 Å². The number of rotatable bonds is 6. The van der Waals surface area contributed by atoms with E-state index in [9.17, 15) is 0 Å². The van der Waals surface area contributed by atoms with Crippen molar-refractivity contribution in [3.8, 4) is 0 Å². The highest BCUT2D eigenvalue weighted by molar-refractivity contribution is 7.34. The third-order valence-corrected chi connectivity index (χ3v) is 4.85. The highest BCUT2D eigenvalue weighted by Crippen LogP contribution is 2.20. The standard InChI is InChI=1S/C8H9N2P.C8H11N2P.6C2H6/c1-2-6-9(5-1)11-10-7-3-4-8-10;1-3-9(4-2)11-10-7-5-6-8-10;6*1-2/h1-8,11H;3-8,11H,1-2H2;6*1-2H3. The fourth-order valence-electron chi connectivity index (χ4n) is 1.63. The Bertz CT molecular complexity index is 606. The summed E-state index contributed by atoms with van der Waals surface area (Å²) < 4.78 is 8.31. The molecule has 3 aromatic rings. The van der Waals surface area contributed by atoms with Crippen LogP contribution in [0.4, 0.5) is 0 Å². The SMILES string of the molecule is C=CN(C=C)Pn1cccc1.CC.CC.CC.CC.CC.CC.c1ccn(Pn2cccc2)c1. The Morgan fingerprint density at radius 1 is 0.471 bits per heavy atom. The number of aromatic nitrogens is 3. The average Bonchev–Trinajstić information content (AvgIpc) is 3.76. The van der Waals surface area contributed by atoms with Crippen LogP contribution in [0.2, 0.25) is 0 Å². The smallest absolute Gasteiger partial charge is 0.0874 e. The van der Waals surface area contributed by atoms with E-state index in [0.717, 1.165) is 0 Å². The molecule has 0 radical (unpaired) electrons. The van der Waals surface area contributed by atoms with Gasteiger partial charge in [-0.25, -0.2) is 0 Å². The maximum Gasteiger partial charge on any atom is 0.0874 e. The molecule has 0 N–H and O–H groups in total. The molecule has 3 aromatic heterocycles. The molecule has 0 bridgehead atoms. The van der Waals surface area contributed by atoms with Crippen LogP contribution in [0.25, 0.3) is 0 Å². The number of nitrogens with zero attached hydrogens (tertiary/aromatic N) is 4. The fourth-order valence-corrected chi connectivity index (χ4v) is 3.24. The van der Waals surface area contributed by atoms with Gasteiger partial charge in [0, 0.05) is 49.6 Å². The molecule has 0 aliphatic rings. The lowest BCUT2D eigenvalue weighted by atomic mass is 10.7. The van der Waals surface area contributed by atoms with Crippen molar-refractivity contribution in [1.29, 1.82) is 0 Å². The predicted molar refractivity (Wildman–Crippen MR) is 166 cm³/mol. The van der Waals surface area contributed by atoms with E-state index in [2.05, 4.69) is 51.0 Å². The molecule has 198 valence electrons. The van der Waals surface area contributed by atoms with Gasteiger partial charge in [0.25, 0.3) is 0 Å². The Balaban J connectivity index is -0.000000115. The van der Waals surface area contributed by atoms with E-state index >= 15 is 0 Å². The molecule has 0 fully saturated rings. The van der Waals surface area contributed by atoms with Gasteiger partial charge in [0.05, 0.1) is 17.8 Å². The van der Waals surface area contributed by atoms with Gasteiger partial charge < -0.3 is 17.7 Å². The summed E-state index contributed by atoms with van der Waals surface area (Å²) in [5, 5.41) is 0. The monoisotopic (exact) mass is 510 g/mol. The first-order valence-electron chi connectivity index (χ1n) is 12.8. The van der Waals surface area contributed by atoms with E-state index < -0.39 is 0 Å². The molecule has 0 aliphatic carbocycles. The molecule has 1 unspecified atom stereocenters. The maximum absolute atomic E-state index is 3.66. The van der Waals surface area contributed by atoms with Crippen LogP contribution in [0.15, 0.2) is 99.1 Å². The average molecular weight is 511 g/mol. The van der Waals surface area contributed by atoms with Gasteiger partial charge in [0.2, 0.25) is 0 Å². The van der Waals surface area contributed by atoms with Gasteiger partial charge in [-0.2, -0.15) is 0 Å². The van der Waals surface area contributed by atoms with E-state index in [1.807, 2.05) is 137 Å². The summed E-state index contributed by atoms with van der Waals surface area (Å²) in [6.07, 6.45) is 15.8. The quantitative estimate of drug-likeness (QED) is 0.302. The van der Waals surface area contributed by atoms with Crippen LogP contribution < -0.4 is 0 Å². The Morgan fingerprint density at radius 2 is 0.706 bits per heavy atom. The molecule has 3 rings (SSSR count). The molecule has 0 amide bonds. The lowest BCUT2D eigenvalue weighted by Gasteiger charge is -2.13. The summed E-state index contributed by atoms with van der Waals surface area (Å²) in [7, 11) is 1.19. The molecule has 0 aromatic carbocycles. The number of hydrogen-bond acceptors (Lipinski definition) is 1. The molecule has 1 atom stereocenters. The summed E-state index contributed by atoms with van der Waals surface area (Å²) in [4.78, 5) is 0. The first-order valence-corrected chi connectivity index (χ1v) is 14.6. The van der Waals surface area contributed by atoms with Crippen LogP contribution in [0.3, 0.4) is 0 Å². The molecular formula is C28H56N4P2. The second kappa shape index (κ2) is 41.3. The predicted octanol–water partition coefficient (Wildman–Crippen LogP) is 10.8. The zero-order valence-corrected chi connectivity index (χ0v) is 26.3. The van der Waals surface area contributed by atoms with Crippen molar-refractivity contribution in [2.45, 2.75) is 83.1 Å². The summed E-state index contributed by atoms with van der Waals surface area (Å²) in [5.74, 6) is 0. The maximum atomic E-state index is 3.66. The zero-order chi connectivity index (χ0) is 27.6. The van der Waals surface area contributed by atoms with Gasteiger partial charge >= 0.3 is 0 Å². The van der Waals surface area contributed by atoms with Crippen LogP contribution in [0.5, 0.6) is 0 Å². The summed E-state index contributed by atoms with van der Waals surface area (Å²) in [6, 6.07) is 12.1. The second-order valence-corrected chi connectivity index (χ2v) is 6.71. The number of hydrogen-bond donors (Lipinski definition) is 0. The Hall–Kier alpha value is -2.02.